The van der Waals surface area contributed by atoms with E-state index in [1.54, 1.807) is 0 Å². The van der Waals surface area contributed by atoms with E-state index in [9.17, 15) is 4.79 Å². The SMILES string of the molecule is COC(=O)C1CCC2(C1)OCC(C)(C)CO2. The molecule has 1 aliphatic heterocycles. The molecule has 2 rings (SSSR count). The fraction of sp³-hybridized carbons (Fsp3) is 0.917. The van der Waals surface area contributed by atoms with Crippen molar-refractivity contribution in [3.8, 4) is 0 Å². The van der Waals surface area contributed by atoms with Gasteiger partial charge in [-0.1, -0.05) is 13.8 Å². The third-order valence-corrected chi connectivity index (χ3v) is 3.42. The molecule has 0 radical (unpaired) electrons. The first-order valence-corrected chi connectivity index (χ1v) is 5.82. The van der Waals surface area contributed by atoms with E-state index in [1.807, 2.05) is 0 Å². The highest BCUT2D eigenvalue weighted by molar-refractivity contribution is 5.72. The predicted molar refractivity (Wildman–Crippen MR) is 57.8 cm³/mol. The monoisotopic (exact) mass is 228 g/mol. The maximum Gasteiger partial charge on any atom is 0.308 e. The molecular weight excluding hydrogens is 208 g/mol. The molecule has 0 amide bonds. The molecule has 1 heterocycles. The fourth-order valence-electron chi connectivity index (χ4n) is 2.34. The van der Waals surface area contributed by atoms with Crippen molar-refractivity contribution < 1.29 is 19.0 Å². The molecule has 0 N–H and O–H groups in total. The highest BCUT2D eigenvalue weighted by Gasteiger charge is 2.48. The zero-order valence-electron chi connectivity index (χ0n) is 10.2. The number of hydrogen-bond acceptors (Lipinski definition) is 4. The first-order chi connectivity index (χ1) is 7.46. The van der Waals surface area contributed by atoms with Crippen molar-refractivity contribution in [1.82, 2.24) is 0 Å². The summed E-state index contributed by atoms with van der Waals surface area (Å²) in [5, 5.41) is 0. The molecule has 2 aliphatic rings. The summed E-state index contributed by atoms with van der Waals surface area (Å²) >= 11 is 0. The Morgan fingerprint density at radius 3 is 2.50 bits per heavy atom. The first-order valence-electron chi connectivity index (χ1n) is 5.82. The van der Waals surface area contributed by atoms with Crippen LogP contribution in [0.2, 0.25) is 0 Å². The largest absolute Gasteiger partial charge is 0.469 e. The summed E-state index contributed by atoms with van der Waals surface area (Å²) in [7, 11) is 1.43. The first kappa shape index (κ1) is 11.9. The van der Waals surface area contributed by atoms with Gasteiger partial charge in [0, 0.05) is 18.3 Å². The molecule has 1 saturated heterocycles. The third-order valence-electron chi connectivity index (χ3n) is 3.42. The highest BCUT2D eigenvalue weighted by Crippen LogP contribution is 2.43. The maximum atomic E-state index is 11.4. The average molecular weight is 228 g/mol. The molecule has 4 nitrogen and oxygen atoms in total. The van der Waals surface area contributed by atoms with Crippen molar-refractivity contribution in [3.63, 3.8) is 0 Å². The number of hydrogen-bond donors (Lipinski definition) is 0. The summed E-state index contributed by atoms with van der Waals surface area (Å²) < 4.78 is 16.4. The van der Waals surface area contributed by atoms with Crippen LogP contribution in [0, 0.1) is 11.3 Å². The van der Waals surface area contributed by atoms with Gasteiger partial charge in [0.2, 0.25) is 0 Å². The van der Waals surface area contributed by atoms with Crippen molar-refractivity contribution in [3.05, 3.63) is 0 Å². The fourth-order valence-corrected chi connectivity index (χ4v) is 2.34. The molecule has 4 heteroatoms. The standard InChI is InChI=1S/C12H20O4/c1-11(2)7-15-12(16-8-11)5-4-9(6-12)10(13)14-3/h9H,4-8H2,1-3H3. The Kier molecular flexibility index (Phi) is 2.97. The summed E-state index contributed by atoms with van der Waals surface area (Å²) in [5.74, 6) is -0.728. The molecule has 1 spiro atoms. The van der Waals surface area contributed by atoms with Crippen LogP contribution in [0.5, 0.6) is 0 Å². The molecule has 2 fully saturated rings. The van der Waals surface area contributed by atoms with Crippen molar-refractivity contribution in [2.75, 3.05) is 20.3 Å². The number of rotatable bonds is 1. The van der Waals surface area contributed by atoms with Gasteiger partial charge in [-0.25, -0.2) is 0 Å². The number of carbonyl (C=O) groups is 1. The van der Waals surface area contributed by atoms with Gasteiger partial charge in [-0.15, -0.1) is 0 Å². The van der Waals surface area contributed by atoms with Crippen LogP contribution in [0.15, 0.2) is 0 Å². The van der Waals surface area contributed by atoms with Gasteiger partial charge in [0.05, 0.1) is 26.2 Å². The summed E-state index contributed by atoms with van der Waals surface area (Å²) in [6, 6.07) is 0. The third kappa shape index (κ3) is 2.23. The number of carbonyl (C=O) groups excluding carboxylic acids is 1. The lowest BCUT2D eigenvalue weighted by molar-refractivity contribution is -0.295. The zero-order valence-corrected chi connectivity index (χ0v) is 10.2. The second kappa shape index (κ2) is 4.00. The minimum atomic E-state index is -0.519. The Morgan fingerprint density at radius 1 is 1.31 bits per heavy atom. The Balaban J connectivity index is 1.95. The molecule has 0 bridgehead atoms. The van der Waals surface area contributed by atoms with Gasteiger partial charge in [-0.2, -0.15) is 0 Å². The van der Waals surface area contributed by atoms with E-state index in [-0.39, 0.29) is 17.3 Å². The Morgan fingerprint density at radius 2 is 1.94 bits per heavy atom. The molecule has 1 aliphatic carbocycles. The van der Waals surface area contributed by atoms with Gasteiger partial charge in [-0.3, -0.25) is 4.79 Å². The second-order valence-corrected chi connectivity index (χ2v) is 5.62. The molecule has 1 saturated carbocycles. The van der Waals surface area contributed by atoms with Gasteiger partial charge in [-0.05, 0) is 6.42 Å². The molecule has 1 atom stereocenters. The normalized spacial score (nSPS) is 31.6. The van der Waals surface area contributed by atoms with Gasteiger partial charge >= 0.3 is 5.97 Å². The quantitative estimate of drug-likeness (QED) is 0.641. The number of esters is 1. The average Bonchev–Trinajstić information content (AvgIpc) is 2.67. The topological polar surface area (TPSA) is 44.8 Å². The lowest BCUT2D eigenvalue weighted by Gasteiger charge is -2.41. The summed E-state index contributed by atoms with van der Waals surface area (Å²) in [4.78, 5) is 11.4. The van der Waals surface area contributed by atoms with Gasteiger partial charge in [0.25, 0.3) is 0 Å². The van der Waals surface area contributed by atoms with E-state index < -0.39 is 5.79 Å². The zero-order chi connectivity index (χ0) is 11.8. The Labute approximate surface area is 96.2 Å². The predicted octanol–water partition coefficient (Wildman–Crippen LogP) is 1.73. The van der Waals surface area contributed by atoms with Gasteiger partial charge < -0.3 is 14.2 Å². The lowest BCUT2D eigenvalue weighted by atomic mass is 9.94. The highest BCUT2D eigenvalue weighted by atomic mass is 16.7. The van der Waals surface area contributed by atoms with Crippen LogP contribution < -0.4 is 0 Å². The maximum absolute atomic E-state index is 11.4. The molecule has 0 aromatic carbocycles. The molecule has 1 unspecified atom stereocenters. The Hall–Kier alpha value is -0.610. The van der Waals surface area contributed by atoms with E-state index in [2.05, 4.69) is 13.8 Å². The second-order valence-electron chi connectivity index (χ2n) is 5.62. The van der Waals surface area contributed by atoms with Crippen LogP contribution in [0.25, 0.3) is 0 Å². The van der Waals surface area contributed by atoms with Crippen molar-refractivity contribution in [2.45, 2.75) is 38.9 Å². The van der Waals surface area contributed by atoms with Crippen LogP contribution in [0.3, 0.4) is 0 Å². The minimum absolute atomic E-state index is 0.0637. The number of ether oxygens (including phenoxy) is 3. The van der Waals surface area contributed by atoms with E-state index in [4.69, 9.17) is 14.2 Å². The summed E-state index contributed by atoms with van der Waals surface area (Å²) in [5.41, 5.74) is 0.0780. The van der Waals surface area contributed by atoms with E-state index in [0.29, 0.717) is 19.6 Å². The molecular formula is C12H20O4. The van der Waals surface area contributed by atoms with Crippen molar-refractivity contribution in [2.24, 2.45) is 11.3 Å². The van der Waals surface area contributed by atoms with Crippen molar-refractivity contribution >= 4 is 5.97 Å². The minimum Gasteiger partial charge on any atom is -0.469 e. The van der Waals surface area contributed by atoms with Gasteiger partial charge in [0.1, 0.15) is 0 Å². The van der Waals surface area contributed by atoms with Crippen LogP contribution in [0.4, 0.5) is 0 Å². The van der Waals surface area contributed by atoms with Crippen LogP contribution in [0.1, 0.15) is 33.1 Å². The smallest absolute Gasteiger partial charge is 0.308 e. The van der Waals surface area contributed by atoms with Gasteiger partial charge in [0.15, 0.2) is 5.79 Å². The molecule has 16 heavy (non-hydrogen) atoms. The van der Waals surface area contributed by atoms with Crippen LogP contribution in [-0.2, 0) is 19.0 Å². The Bertz CT molecular complexity index is 275. The van der Waals surface area contributed by atoms with E-state index in [0.717, 1.165) is 12.8 Å². The molecule has 92 valence electrons. The van der Waals surface area contributed by atoms with Crippen LogP contribution in [-0.4, -0.2) is 32.1 Å². The van der Waals surface area contributed by atoms with Crippen molar-refractivity contribution in [1.29, 1.82) is 0 Å². The summed E-state index contributed by atoms with van der Waals surface area (Å²) in [6.07, 6.45) is 2.23. The van der Waals surface area contributed by atoms with E-state index in [1.165, 1.54) is 7.11 Å². The van der Waals surface area contributed by atoms with Crippen LogP contribution >= 0.6 is 0 Å². The number of methoxy groups -OCH3 is 1. The molecule has 0 aromatic heterocycles. The summed E-state index contributed by atoms with van der Waals surface area (Å²) in [6.45, 7) is 5.63. The molecule has 0 aromatic rings. The van der Waals surface area contributed by atoms with E-state index >= 15 is 0 Å². The lowest BCUT2D eigenvalue weighted by Crippen LogP contribution is -2.46.